The first-order chi connectivity index (χ1) is 13.4. The van der Waals surface area contributed by atoms with E-state index < -0.39 is 9.84 Å². The molecule has 1 aromatic carbocycles. The van der Waals surface area contributed by atoms with E-state index in [1.807, 2.05) is 5.38 Å². The molecule has 1 heterocycles. The molecule has 0 spiro atoms. The molecule has 1 fully saturated rings. The molecule has 0 aliphatic heterocycles. The molecule has 28 heavy (non-hydrogen) atoms. The molecular formula is C21H26N2O3S2. The summed E-state index contributed by atoms with van der Waals surface area (Å²) in [6.07, 6.45) is 13.2. The third-order valence-corrected chi connectivity index (χ3v) is 6.86. The Bertz CT molecular complexity index is 909. The van der Waals surface area contributed by atoms with Crippen LogP contribution in [-0.2, 0) is 14.6 Å². The van der Waals surface area contributed by atoms with Crippen molar-refractivity contribution in [2.75, 3.05) is 11.6 Å². The maximum atomic E-state index is 13.0. The SMILES string of the molecule is CS(=O)(=O)c1ccc(/C(=C\C2CCCCCCC2)C(=O)Nc2nccs2)cc1. The fraction of sp³-hybridized carbons (Fsp3) is 0.429. The highest BCUT2D eigenvalue weighted by Crippen LogP contribution is 2.28. The average Bonchev–Trinajstić information content (AvgIpc) is 3.13. The molecule has 0 atom stereocenters. The summed E-state index contributed by atoms with van der Waals surface area (Å²) in [7, 11) is -3.27. The largest absolute Gasteiger partial charge is 0.298 e. The third-order valence-electron chi connectivity index (χ3n) is 5.04. The molecule has 0 unspecified atom stereocenters. The van der Waals surface area contributed by atoms with Gasteiger partial charge >= 0.3 is 0 Å². The normalized spacial score (nSPS) is 17.0. The number of hydrogen-bond acceptors (Lipinski definition) is 5. The predicted octanol–water partition coefficient (Wildman–Crippen LogP) is 4.93. The van der Waals surface area contributed by atoms with Crippen molar-refractivity contribution in [2.45, 2.75) is 49.8 Å². The third kappa shape index (κ3) is 5.75. The van der Waals surface area contributed by atoms with Gasteiger partial charge < -0.3 is 0 Å². The lowest BCUT2D eigenvalue weighted by atomic mass is 9.88. The molecule has 3 rings (SSSR count). The molecule has 7 heteroatoms. The first-order valence-corrected chi connectivity index (χ1v) is 12.4. The van der Waals surface area contributed by atoms with Gasteiger partial charge in [0.1, 0.15) is 0 Å². The van der Waals surface area contributed by atoms with Gasteiger partial charge in [0.15, 0.2) is 15.0 Å². The number of carbonyl (C=O) groups is 1. The van der Waals surface area contributed by atoms with Crippen LogP contribution in [0.5, 0.6) is 0 Å². The molecule has 1 N–H and O–H groups in total. The fourth-order valence-corrected chi connectivity index (χ4v) is 4.68. The Morgan fingerprint density at radius 2 is 1.75 bits per heavy atom. The van der Waals surface area contributed by atoms with Crippen molar-refractivity contribution >= 4 is 37.8 Å². The molecule has 0 saturated heterocycles. The lowest BCUT2D eigenvalue weighted by Gasteiger charge is -2.18. The zero-order valence-electron chi connectivity index (χ0n) is 16.1. The van der Waals surface area contributed by atoms with Crippen molar-refractivity contribution in [3.8, 4) is 0 Å². The number of nitrogens with zero attached hydrogens (tertiary/aromatic N) is 1. The van der Waals surface area contributed by atoms with E-state index in [1.165, 1.54) is 49.7 Å². The summed E-state index contributed by atoms with van der Waals surface area (Å²) in [6.45, 7) is 0. The van der Waals surface area contributed by atoms with E-state index in [0.29, 0.717) is 16.6 Å². The molecule has 0 radical (unpaired) electrons. The molecule has 150 valence electrons. The van der Waals surface area contributed by atoms with Crippen LogP contribution in [0.1, 0.15) is 50.5 Å². The predicted molar refractivity (Wildman–Crippen MR) is 114 cm³/mol. The lowest BCUT2D eigenvalue weighted by Crippen LogP contribution is -2.15. The van der Waals surface area contributed by atoms with E-state index in [1.54, 1.807) is 30.5 Å². The number of allylic oxidation sites excluding steroid dienone is 1. The van der Waals surface area contributed by atoms with Crippen LogP contribution < -0.4 is 5.32 Å². The second-order valence-corrected chi connectivity index (χ2v) is 10.2. The Balaban J connectivity index is 1.90. The minimum absolute atomic E-state index is 0.205. The van der Waals surface area contributed by atoms with Crippen molar-refractivity contribution in [2.24, 2.45) is 5.92 Å². The molecular weight excluding hydrogens is 392 g/mol. The summed E-state index contributed by atoms with van der Waals surface area (Å²) in [4.78, 5) is 17.4. The number of hydrogen-bond donors (Lipinski definition) is 1. The number of sulfone groups is 1. The minimum Gasteiger partial charge on any atom is -0.298 e. The summed E-state index contributed by atoms with van der Waals surface area (Å²) in [5.74, 6) is 0.149. The van der Waals surface area contributed by atoms with Gasteiger partial charge in [-0.05, 0) is 36.5 Å². The molecule has 1 saturated carbocycles. The second kappa shape index (κ2) is 9.47. The monoisotopic (exact) mass is 418 g/mol. The van der Waals surface area contributed by atoms with Crippen LogP contribution in [0.2, 0.25) is 0 Å². The van der Waals surface area contributed by atoms with E-state index in [-0.39, 0.29) is 10.8 Å². The van der Waals surface area contributed by atoms with Gasteiger partial charge in [-0.15, -0.1) is 11.3 Å². The number of carbonyl (C=O) groups excluding carboxylic acids is 1. The highest BCUT2D eigenvalue weighted by Gasteiger charge is 2.18. The van der Waals surface area contributed by atoms with Crippen molar-refractivity contribution < 1.29 is 13.2 Å². The summed E-state index contributed by atoms with van der Waals surface area (Å²) >= 11 is 1.37. The smallest absolute Gasteiger partial charge is 0.257 e. The molecule has 1 aliphatic carbocycles. The zero-order chi connectivity index (χ0) is 20.0. The fourth-order valence-electron chi connectivity index (χ4n) is 3.52. The van der Waals surface area contributed by atoms with E-state index in [4.69, 9.17) is 0 Å². The van der Waals surface area contributed by atoms with E-state index in [0.717, 1.165) is 18.4 Å². The highest BCUT2D eigenvalue weighted by atomic mass is 32.2. The number of rotatable bonds is 5. The van der Waals surface area contributed by atoms with Crippen molar-refractivity contribution in [3.63, 3.8) is 0 Å². The van der Waals surface area contributed by atoms with E-state index in [9.17, 15) is 13.2 Å². The Labute approximate surface area is 170 Å². The molecule has 0 bridgehead atoms. The maximum Gasteiger partial charge on any atom is 0.257 e. The number of thiazole rings is 1. The van der Waals surface area contributed by atoms with Gasteiger partial charge in [-0.2, -0.15) is 0 Å². The van der Waals surface area contributed by atoms with Gasteiger partial charge in [0.25, 0.3) is 5.91 Å². The Kier molecular flexibility index (Phi) is 7.02. The number of aromatic nitrogens is 1. The van der Waals surface area contributed by atoms with Gasteiger partial charge in [0, 0.05) is 23.4 Å². The number of nitrogens with one attached hydrogen (secondary N) is 1. The zero-order valence-corrected chi connectivity index (χ0v) is 17.7. The Hall–Kier alpha value is -1.99. The van der Waals surface area contributed by atoms with Crippen molar-refractivity contribution in [3.05, 3.63) is 47.5 Å². The van der Waals surface area contributed by atoms with Gasteiger partial charge in [0.2, 0.25) is 0 Å². The summed E-state index contributed by atoms with van der Waals surface area (Å²) in [5.41, 5.74) is 1.31. The van der Waals surface area contributed by atoms with Crippen molar-refractivity contribution in [1.29, 1.82) is 0 Å². The van der Waals surface area contributed by atoms with Crippen LogP contribution in [0.4, 0.5) is 5.13 Å². The second-order valence-electron chi connectivity index (χ2n) is 7.27. The average molecular weight is 419 g/mol. The van der Waals surface area contributed by atoms with E-state index >= 15 is 0 Å². The molecule has 1 aromatic heterocycles. The standard InChI is InChI=1S/C21H26N2O3S2/c1-28(25,26)18-11-9-17(10-12-18)19(20(24)23-21-22-13-14-27-21)15-16-7-5-3-2-4-6-8-16/h9-16H,2-8H2,1H3,(H,22,23,24)/b19-15+. The molecule has 1 aliphatic rings. The minimum atomic E-state index is -3.27. The number of benzene rings is 1. The first-order valence-electron chi connectivity index (χ1n) is 9.66. The number of anilines is 1. The highest BCUT2D eigenvalue weighted by molar-refractivity contribution is 7.90. The van der Waals surface area contributed by atoms with Crippen LogP contribution in [0, 0.1) is 5.92 Å². The molecule has 5 nitrogen and oxygen atoms in total. The molecule has 2 aromatic rings. The van der Waals surface area contributed by atoms with Gasteiger partial charge in [-0.3, -0.25) is 10.1 Å². The van der Waals surface area contributed by atoms with Crippen molar-refractivity contribution in [1.82, 2.24) is 4.98 Å². The summed E-state index contributed by atoms with van der Waals surface area (Å²) in [6, 6.07) is 6.56. The number of amides is 1. The first kappa shape index (κ1) is 20.7. The van der Waals surface area contributed by atoms with Crippen LogP contribution >= 0.6 is 11.3 Å². The van der Waals surface area contributed by atoms with Gasteiger partial charge in [0.05, 0.1) is 4.90 Å². The van der Waals surface area contributed by atoms with Gasteiger partial charge in [-0.1, -0.05) is 50.3 Å². The lowest BCUT2D eigenvalue weighted by molar-refractivity contribution is -0.111. The van der Waals surface area contributed by atoms with E-state index in [2.05, 4.69) is 16.4 Å². The van der Waals surface area contributed by atoms with Gasteiger partial charge in [-0.25, -0.2) is 13.4 Å². The topological polar surface area (TPSA) is 76.1 Å². The van der Waals surface area contributed by atoms with Crippen LogP contribution in [0.15, 0.2) is 46.8 Å². The summed E-state index contributed by atoms with van der Waals surface area (Å²) < 4.78 is 23.5. The van der Waals surface area contributed by atoms with Crippen LogP contribution in [0.3, 0.4) is 0 Å². The van der Waals surface area contributed by atoms with Crippen LogP contribution in [0.25, 0.3) is 5.57 Å². The maximum absolute atomic E-state index is 13.0. The quantitative estimate of drug-likeness (QED) is 0.699. The summed E-state index contributed by atoms with van der Waals surface area (Å²) in [5, 5.41) is 5.24. The Morgan fingerprint density at radius 3 is 2.32 bits per heavy atom. The Morgan fingerprint density at radius 1 is 1.11 bits per heavy atom. The van der Waals surface area contributed by atoms with Crippen LogP contribution in [-0.4, -0.2) is 25.6 Å². The molecule has 1 amide bonds.